The fraction of sp³-hybridized carbons (Fsp3) is 0.588. The zero-order valence-electron chi connectivity index (χ0n) is 14.0. The maximum atomic E-state index is 5.94. The Hall–Kier alpha value is -0.980. The summed E-state index contributed by atoms with van der Waals surface area (Å²) in [5.74, 6) is 2.15. The van der Waals surface area contributed by atoms with Gasteiger partial charge >= 0.3 is 0 Å². The summed E-state index contributed by atoms with van der Waals surface area (Å²) >= 11 is 0. The van der Waals surface area contributed by atoms with Crippen LogP contribution in [0.5, 0.6) is 5.75 Å². The van der Waals surface area contributed by atoms with Crippen molar-refractivity contribution in [3.05, 3.63) is 29.3 Å². The molecule has 4 nitrogen and oxygen atoms in total. The largest absolute Gasteiger partial charge is 0.493 e. The maximum absolute atomic E-state index is 5.94. The second-order valence-electron chi connectivity index (χ2n) is 6.94. The standard InChI is InChI=1S/C17H27N3O.HI/c1-12-5-8-14(10-19-16(18)20-17(2,3)4)15(9-12)21-11-13-6-7-13;/h5,8-9,13H,6-7,10-11H2,1-4H3,(H3,18,19,20);1H. The first-order valence-electron chi connectivity index (χ1n) is 7.64. The molecule has 0 spiro atoms. The van der Waals surface area contributed by atoms with Gasteiger partial charge in [-0.2, -0.15) is 0 Å². The van der Waals surface area contributed by atoms with Crippen LogP contribution in [-0.4, -0.2) is 18.1 Å². The highest BCUT2D eigenvalue weighted by Crippen LogP contribution is 2.30. The van der Waals surface area contributed by atoms with Crippen molar-refractivity contribution in [3.63, 3.8) is 0 Å². The highest BCUT2D eigenvalue weighted by Gasteiger charge is 2.22. The van der Waals surface area contributed by atoms with E-state index in [4.69, 9.17) is 10.5 Å². The van der Waals surface area contributed by atoms with Crippen molar-refractivity contribution in [2.75, 3.05) is 6.61 Å². The topological polar surface area (TPSA) is 59.6 Å². The summed E-state index contributed by atoms with van der Waals surface area (Å²) in [6.07, 6.45) is 2.59. The van der Waals surface area contributed by atoms with E-state index >= 15 is 0 Å². The molecule has 2 rings (SSSR count). The number of nitrogens with zero attached hydrogens (tertiary/aromatic N) is 1. The predicted octanol–water partition coefficient (Wildman–Crippen LogP) is 3.60. The number of nitrogens with two attached hydrogens (primary N) is 1. The number of aryl methyl sites for hydroxylation is 1. The molecule has 3 N–H and O–H groups in total. The Morgan fingerprint density at radius 1 is 1.36 bits per heavy atom. The van der Waals surface area contributed by atoms with E-state index in [2.05, 4.69) is 56.2 Å². The van der Waals surface area contributed by atoms with Crippen molar-refractivity contribution in [2.45, 2.75) is 52.6 Å². The number of rotatable bonds is 5. The molecule has 124 valence electrons. The Morgan fingerprint density at radius 3 is 2.64 bits per heavy atom. The number of hydrogen-bond donors (Lipinski definition) is 2. The van der Waals surface area contributed by atoms with Crippen LogP contribution < -0.4 is 15.8 Å². The lowest BCUT2D eigenvalue weighted by Gasteiger charge is -2.21. The summed E-state index contributed by atoms with van der Waals surface area (Å²) in [6.45, 7) is 9.61. The highest BCUT2D eigenvalue weighted by molar-refractivity contribution is 14.0. The molecule has 0 aromatic heterocycles. The molecule has 1 aromatic rings. The number of ether oxygens (including phenoxy) is 1. The predicted molar refractivity (Wildman–Crippen MR) is 103 cm³/mol. The van der Waals surface area contributed by atoms with E-state index in [9.17, 15) is 0 Å². The molecule has 1 fully saturated rings. The minimum absolute atomic E-state index is 0. The first-order valence-corrected chi connectivity index (χ1v) is 7.64. The molecule has 0 radical (unpaired) electrons. The summed E-state index contributed by atoms with van der Waals surface area (Å²) in [7, 11) is 0. The fourth-order valence-electron chi connectivity index (χ4n) is 2.01. The third-order valence-corrected chi connectivity index (χ3v) is 3.32. The van der Waals surface area contributed by atoms with Crippen LogP contribution in [0.4, 0.5) is 0 Å². The van der Waals surface area contributed by atoms with Crippen LogP contribution in [0.25, 0.3) is 0 Å². The molecular formula is C17H28IN3O. The van der Waals surface area contributed by atoms with Crippen LogP contribution >= 0.6 is 24.0 Å². The number of hydrogen-bond acceptors (Lipinski definition) is 2. The first-order chi connectivity index (χ1) is 9.83. The van der Waals surface area contributed by atoms with E-state index in [1.165, 1.54) is 18.4 Å². The number of guanidine groups is 1. The Morgan fingerprint density at radius 2 is 2.05 bits per heavy atom. The summed E-state index contributed by atoms with van der Waals surface area (Å²) in [5.41, 5.74) is 8.13. The van der Waals surface area contributed by atoms with Gasteiger partial charge in [0.05, 0.1) is 13.2 Å². The average Bonchev–Trinajstić information content (AvgIpc) is 3.17. The summed E-state index contributed by atoms with van der Waals surface area (Å²) in [4.78, 5) is 4.42. The third-order valence-electron chi connectivity index (χ3n) is 3.32. The van der Waals surface area contributed by atoms with Gasteiger partial charge in [0.25, 0.3) is 0 Å². The summed E-state index contributed by atoms with van der Waals surface area (Å²) in [6, 6.07) is 6.24. The zero-order valence-corrected chi connectivity index (χ0v) is 16.3. The minimum atomic E-state index is -0.0772. The van der Waals surface area contributed by atoms with E-state index in [1.54, 1.807) is 0 Å². The van der Waals surface area contributed by atoms with Crippen LogP contribution in [0, 0.1) is 12.8 Å². The Kier molecular flexibility index (Phi) is 6.97. The van der Waals surface area contributed by atoms with Gasteiger partial charge in [0, 0.05) is 11.1 Å². The highest BCUT2D eigenvalue weighted by atomic mass is 127. The molecule has 0 saturated heterocycles. The van der Waals surface area contributed by atoms with Gasteiger partial charge in [0.1, 0.15) is 5.75 Å². The third kappa shape index (κ3) is 6.85. The molecule has 1 aliphatic carbocycles. The van der Waals surface area contributed by atoms with Crippen molar-refractivity contribution in [1.29, 1.82) is 0 Å². The van der Waals surface area contributed by atoms with Crippen LogP contribution in [0.15, 0.2) is 23.2 Å². The lowest BCUT2D eigenvalue weighted by atomic mass is 10.1. The fourth-order valence-corrected chi connectivity index (χ4v) is 2.01. The molecule has 0 atom stereocenters. The molecule has 0 amide bonds. The lowest BCUT2D eigenvalue weighted by Crippen LogP contribution is -2.44. The van der Waals surface area contributed by atoms with E-state index in [1.807, 2.05) is 0 Å². The number of halogens is 1. The molecule has 0 unspecified atom stereocenters. The monoisotopic (exact) mass is 417 g/mol. The van der Waals surface area contributed by atoms with E-state index in [0.717, 1.165) is 23.8 Å². The van der Waals surface area contributed by atoms with Crippen LogP contribution in [0.2, 0.25) is 0 Å². The molecule has 22 heavy (non-hydrogen) atoms. The smallest absolute Gasteiger partial charge is 0.189 e. The molecule has 1 saturated carbocycles. The maximum Gasteiger partial charge on any atom is 0.189 e. The average molecular weight is 417 g/mol. The molecule has 5 heteroatoms. The van der Waals surface area contributed by atoms with Gasteiger partial charge in [0.2, 0.25) is 0 Å². The molecule has 0 bridgehead atoms. The summed E-state index contributed by atoms with van der Waals surface area (Å²) in [5, 5.41) is 3.17. The van der Waals surface area contributed by atoms with Crippen molar-refractivity contribution >= 4 is 29.9 Å². The molecule has 0 aliphatic heterocycles. The minimum Gasteiger partial charge on any atom is -0.493 e. The first kappa shape index (κ1) is 19.1. The van der Waals surface area contributed by atoms with Gasteiger partial charge in [0.15, 0.2) is 5.96 Å². The van der Waals surface area contributed by atoms with Crippen LogP contribution in [0.3, 0.4) is 0 Å². The lowest BCUT2D eigenvalue weighted by molar-refractivity contribution is 0.296. The molecule has 0 heterocycles. The SMILES string of the molecule is Cc1ccc(CN=C(N)NC(C)(C)C)c(OCC2CC2)c1.I. The van der Waals surface area contributed by atoms with E-state index < -0.39 is 0 Å². The zero-order chi connectivity index (χ0) is 15.5. The van der Waals surface area contributed by atoms with Crippen molar-refractivity contribution in [3.8, 4) is 5.75 Å². The van der Waals surface area contributed by atoms with Crippen LogP contribution in [0.1, 0.15) is 44.7 Å². The Bertz CT molecular complexity index is 519. The normalized spacial score (nSPS) is 15.2. The number of aliphatic imine (C=N–C) groups is 1. The number of nitrogens with one attached hydrogen (secondary N) is 1. The van der Waals surface area contributed by atoms with Crippen molar-refractivity contribution < 1.29 is 4.74 Å². The Labute approximate surface area is 150 Å². The van der Waals surface area contributed by atoms with Gasteiger partial charge in [-0.15, -0.1) is 24.0 Å². The van der Waals surface area contributed by atoms with Crippen LogP contribution in [-0.2, 0) is 6.54 Å². The Balaban J connectivity index is 0.00000242. The van der Waals surface area contributed by atoms with Gasteiger partial charge in [-0.3, -0.25) is 0 Å². The molecule has 1 aromatic carbocycles. The van der Waals surface area contributed by atoms with Gasteiger partial charge in [-0.05, 0) is 58.1 Å². The molecule has 1 aliphatic rings. The summed E-state index contributed by atoms with van der Waals surface area (Å²) < 4.78 is 5.94. The quantitative estimate of drug-likeness (QED) is 0.437. The van der Waals surface area contributed by atoms with Gasteiger partial charge in [-0.1, -0.05) is 12.1 Å². The van der Waals surface area contributed by atoms with E-state index in [-0.39, 0.29) is 29.5 Å². The van der Waals surface area contributed by atoms with Crippen molar-refractivity contribution in [1.82, 2.24) is 5.32 Å². The van der Waals surface area contributed by atoms with Gasteiger partial charge < -0.3 is 15.8 Å². The van der Waals surface area contributed by atoms with Crippen molar-refractivity contribution in [2.24, 2.45) is 16.6 Å². The van der Waals surface area contributed by atoms with E-state index in [0.29, 0.717) is 12.5 Å². The second kappa shape index (κ2) is 8.04. The number of benzene rings is 1. The second-order valence-corrected chi connectivity index (χ2v) is 6.94. The molecular weight excluding hydrogens is 389 g/mol. The van der Waals surface area contributed by atoms with Gasteiger partial charge in [-0.25, -0.2) is 4.99 Å².